The molecule has 3 heterocycles. The van der Waals surface area contributed by atoms with E-state index in [1.807, 2.05) is 12.1 Å². The van der Waals surface area contributed by atoms with E-state index in [1.165, 1.54) is 16.3 Å². The van der Waals surface area contributed by atoms with Gasteiger partial charge in [-0.25, -0.2) is 4.98 Å². The molecule has 1 aliphatic heterocycles. The van der Waals surface area contributed by atoms with Crippen molar-refractivity contribution in [3.05, 3.63) is 89.0 Å². The maximum atomic E-state index is 12.8. The Hall–Kier alpha value is -3.47. The molecule has 4 aromatic rings. The fraction of sp³-hybridized carbons (Fsp3) is 0.208. The van der Waals surface area contributed by atoms with Gasteiger partial charge in [0.05, 0.1) is 5.69 Å². The molecule has 5 nitrogen and oxygen atoms in total. The summed E-state index contributed by atoms with van der Waals surface area (Å²) in [5.74, 6) is 0.747. The van der Waals surface area contributed by atoms with Crippen LogP contribution in [0.3, 0.4) is 0 Å². The first-order valence-electron chi connectivity index (χ1n) is 9.96. The second kappa shape index (κ2) is 7.17. The minimum atomic E-state index is -0.00257. The van der Waals surface area contributed by atoms with Gasteiger partial charge in [0.25, 0.3) is 5.56 Å². The van der Waals surface area contributed by atoms with Crippen LogP contribution in [-0.4, -0.2) is 20.6 Å². The zero-order valence-electron chi connectivity index (χ0n) is 16.3. The molecule has 2 aromatic carbocycles. The van der Waals surface area contributed by atoms with Gasteiger partial charge in [0.1, 0.15) is 0 Å². The predicted octanol–water partition coefficient (Wildman–Crippen LogP) is 4.26. The van der Waals surface area contributed by atoms with Crippen molar-refractivity contribution in [1.82, 2.24) is 14.5 Å². The van der Waals surface area contributed by atoms with E-state index in [0.29, 0.717) is 18.3 Å². The summed E-state index contributed by atoms with van der Waals surface area (Å²) in [6.45, 7) is 3.63. The molecule has 0 aliphatic carbocycles. The molecule has 0 amide bonds. The lowest BCUT2D eigenvalue weighted by Crippen LogP contribution is -2.43. The average Bonchev–Trinajstić information content (AvgIpc) is 2.76. The standard InChI is InChI=1S/C24H22N4O/c1-17-10-13-27-23(29)15-22(20-8-11-25-12-9-20)26-24(27)28(17)16-18-6-7-19-4-2-3-5-21(19)14-18/h2-9,11-12,14-15,17H,10,13,16H2,1H3. The van der Waals surface area contributed by atoms with Crippen LogP contribution in [0.4, 0.5) is 5.95 Å². The van der Waals surface area contributed by atoms with E-state index in [1.54, 1.807) is 23.0 Å². The van der Waals surface area contributed by atoms with Gasteiger partial charge >= 0.3 is 0 Å². The van der Waals surface area contributed by atoms with E-state index in [-0.39, 0.29) is 5.56 Å². The maximum absolute atomic E-state index is 12.8. The van der Waals surface area contributed by atoms with Crippen LogP contribution in [0.2, 0.25) is 0 Å². The third-order valence-electron chi connectivity index (χ3n) is 5.69. The highest BCUT2D eigenvalue weighted by molar-refractivity contribution is 5.83. The molecule has 0 radical (unpaired) electrons. The molecule has 1 atom stereocenters. The predicted molar refractivity (Wildman–Crippen MR) is 116 cm³/mol. The molecule has 144 valence electrons. The Balaban J connectivity index is 1.57. The molecule has 2 aromatic heterocycles. The van der Waals surface area contributed by atoms with Gasteiger partial charge in [-0.15, -0.1) is 0 Å². The van der Waals surface area contributed by atoms with Gasteiger partial charge in [-0.3, -0.25) is 14.3 Å². The van der Waals surface area contributed by atoms with E-state index >= 15 is 0 Å². The van der Waals surface area contributed by atoms with Crippen LogP contribution < -0.4 is 10.5 Å². The number of rotatable bonds is 3. The topological polar surface area (TPSA) is 51.0 Å². The first-order chi connectivity index (χ1) is 14.2. The van der Waals surface area contributed by atoms with Crippen molar-refractivity contribution in [3.63, 3.8) is 0 Å². The molecule has 0 saturated carbocycles. The third-order valence-corrected chi connectivity index (χ3v) is 5.69. The number of anilines is 1. The van der Waals surface area contributed by atoms with Gasteiger partial charge in [0.2, 0.25) is 5.95 Å². The summed E-state index contributed by atoms with van der Waals surface area (Å²) in [6.07, 6.45) is 4.38. The van der Waals surface area contributed by atoms with Crippen LogP contribution in [0.5, 0.6) is 0 Å². The number of hydrogen-bond donors (Lipinski definition) is 0. The van der Waals surface area contributed by atoms with Crippen LogP contribution in [0.1, 0.15) is 18.9 Å². The second-order valence-corrected chi connectivity index (χ2v) is 7.61. The Morgan fingerprint density at radius 1 is 1.00 bits per heavy atom. The van der Waals surface area contributed by atoms with Crippen LogP contribution in [0, 0.1) is 0 Å². The summed E-state index contributed by atoms with van der Waals surface area (Å²) < 4.78 is 1.80. The largest absolute Gasteiger partial charge is 0.335 e. The van der Waals surface area contributed by atoms with Gasteiger partial charge < -0.3 is 4.90 Å². The number of benzene rings is 2. The van der Waals surface area contributed by atoms with E-state index in [4.69, 9.17) is 4.98 Å². The average molecular weight is 382 g/mol. The Kier molecular flexibility index (Phi) is 4.35. The quantitative estimate of drug-likeness (QED) is 0.531. The van der Waals surface area contributed by atoms with E-state index in [0.717, 1.165) is 24.5 Å². The minimum absolute atomic E-state index is 0.00257. The van der Waals surface area contributed by atoms with E-state index in [9.17, 15) is 4.79 Å². The summed E-state index contributed by atoms with van der Waals surface area (Å²) in [4.78, 5) is 24.0. The molecule has 0 saturated heterocycles. The van der Waals surface area contributed by atoms with Crippen molar-refractivity contribution in [1.29, 1.82) is 0 Å². The van der Waals surface area contributed by atoms with Crippen LogP contribution >= 0.6 is 0 Å². The lowest BCUT2D eigenvalue weighted by molar-refractivity contribution is 0.454. The van der Waals surface area contributed by atoms with Crippen LogP contribution in [0.15, 0.2) is 77.9 Å². The molecule has 0 fully saturated rings. The highest BCUT2D eigenvalue weighted by Gasteiger charge is 2.26. The van der Waals surface area contributed by atoms with Crippen molar-refractivity contribution in [2.45, 2.75) is 32.5 Å². The van der Waals surface area contributed by atoms with Crippen molar-refractivity contribution in [2.75, 3.05) is 4.90 Å². The zero-order chi connectivity index (χ0) is 19.8. The Labute approximate surface area is 169 Å². The minimum Gasteiger partial charge on any atom is -0.335 e. The van der Waals surface area contributed by atoms with Crippen molar-refractivity contribution in [2.24, 2.45) is 0 Å². The summed E-state index contributed by atoms with van der Waals surface area (Å²) in [6, 6.07) is 20.6. The van der Waals surface area contributed by atoms with Crippen LogP contribution in [-0.2, 0) is 13.1 Å². The fourth-order valence-corrected chi connectivity index (χ4v) is 4.02. The van der Waals surface area contributed by atoms with Gasteiger partial charge in [-0.05, 0) is 47.9 Å². The number of aromatic nitrogens is 3. The third kappa shape index (κ3) is 3.29. The maximum Gasteiger partial charge on any atom is 0.255 e. The summed E-state index contributed by atoms with van der Waals surface area (Å²) in [5, 5.41) is 2.46. The smallest absolute Gasteiger partial charge is 0.255 e. The highest BCUT2D eigenvalue weighted by atomic mass is 16.1. The second-order valence-electron chi connectivity index (χ2n) is 7.61. The molecule has 0 N–H and O–H groups in total. The van der Waals surface area contributed by atoms with E-state index < -0.39 is 0 Å². The molecule has 5 rings (SSSR count). The van der Waals surface area contributed by atoms with Gasteiger partial charge in [0, 0.05) is 43.2 Å². The summed E-state index contributed by atoms with van der Waals surface area (Å²) >= 11 is 0. The first-order valence-corrected chi connectivity index (χ1v) is 9.96. The molecule has 29 heavy (non-hydrogen) atoms. The number of hydrogen-bond acceptors (Lipinski definition) is 4. The first kappa shape index (κ1) is 17.6. The summed E-state index contributed by atoms with van der Waals surface area (Å²) in [5.41, 5.74) is 2.82. The van der Waals surface area contributed by atoms with Crippen LogP contribution in [0.25, 0.3) is 22.0 Å². The lowest BCUT2D eigenvalue weighted by atomic mass is 10.1. The Morgan fingerprint density at radius 2 is 1.79 bits per heavy atom. The fourth-order valence-electron chi connectivity index (χ4n) is 4.02. The van der Waals surface area contributed by atoms with Crippen molar-refractivity contribution in [3.8, 4) is 11.3 Å². The SMILES string of the molecule is CC1CCn2c(nc(-c3ccncc3)cc2=O)N1Cc1ccc2ccccc2c1. The molecule has 0 spiro atoms. The van der Waals surface area contributed by atoms with Gasteiger partial charge in [-0.1, -0.05) is 36.4 Å². The normalized spacial score (nSPS) is 16.0. The molecule has 5 heteroatoms. The van der Waals surface area contributed by atoms with E-state index in [2.05, 4.69) is 59.3 Å². The number of pyridine rings is 1. The number of fused-ring (bicyclic) bond motifs is 2. The Bertz CT molecular complexity index is 1230. The number of nitrogens with zero attached hydrogens (tertiary/aromatic N) is 4. The van der Waals surface area contributed by atoms with Crippen molar-refractivity contribution >= 4 is 16.7 Å². The van der Waals surface area contributed by atoms with Crippen molar-refractivity contribution < 1.29 is 0 Å². The lowest BCUT2D eigenvalue weighted by Gasteiger charge is -2.36. The van der Waals surface area contributed by atoms with Gasteiger partial charge in [0.15, 0.2) is 0 Å². The summed E-state index contributed by atoms with van der Waals surface area (Å²) in [7, 11) is 0. The zero-order valence-corrected chi connectivity index (χ0v) is 16.3. The monoisotopic (exact) mass is 382 g/mol. The Morgan fingerprint density at radius 3 is 2.62 bits per heavy atom. The molecule has 1 unspecified atom stereocenters. The highest BCUT2D eigenvalue weighted by Crippen LogP contribution is 2.27. The molecular formula is C24H22N4O. The molecule has 1 aliphatic rings. The molecular weight excluding hydrogens is 360 g/mol. The molecule has 0 bridgehead atoms. The van der Waals surface area contributed by atoms with Gasteiger partial charge in [-0.2, -0.15) is 0 Å².